The Morgan fingerprint density at radius 3 is 2.75 bits per heavy atom. The van der Waals surface area contributed by atoms with E-state index in [1.54, 1.807) is 0 Å². The molecular weight excluding hydrogens is 417 g/mol. The molecular formula is C18H28IN3O2. The van der Waals surface area contributed by atoms with Crippen molar-refractivity contribution in [1.29, 1.82) is 0 Å². The maximum Gasteiger partial charge on any atom is 0.191 e. The fourth-order valence-corrected chi connectivity index (χ4v) is 4.74. The fraction of sp³-hybridized carbons (Fsp3) is 0.722. The summed E-state index contributed by atoms with van der Waals surface area (Å²) in [6.45, 7) is 4.99. The largest absolute Gasteiger partial charge is 0.464 e. The van der Waals surface area contributed by atoms with Crippen molar-refractivity contribution >= 4 is 29.9 Å². The van der Waals surface area contributed by atoms with Crippen LogP contribution in [0.5, 0.6) is 0 Å². The van der Waals surface area contributed by atoms with Crippen LogP contribution in [0, 0.1) is 18.3 Å². The molecule has 6 heteroatoms. The van der Waals surface area contributed by atoms with Gasteiger partial charge in [-0.05, 0) is 45.2 Å². The van der Waals surface area contributed by atoms with E-state index in [-0.39, 0.29) is 30.0 Å². The Morgan fingerprint density at radius 1 is 1.38 bits per heavy atom. The minimum absolute atomic E-state index is 0. The number of halogens is 1. The number of aliphatic imine (C=N–C) groups is 1. The molecule has 3 aliphatic rings. The second kappa shape index (κ2) is 6.86. The molecule has 2 N–H and O–H groups in total. The third-order valence-corrected chi connectivity index (χ3v) is 6.09. The molecule has 2 heterocycles. The second-order valence-corrected chi connectivity index (χ2v) is 7.34. The Hall–Kier alpha value is -0.760. The molecule has 0 aromatic carbocycles. The van der Waals surface area contributed by atoms with Gasteiger partial charge >= 0.3 is 0 Å². The molecule has 134 valence electrons. The van der Waals surface area contributed by atoms with Crippen LogP contribution in [0.4, 0.5) is 0 Å². The maximum atomic E-state index is 5.99. The standard InChI is InChI=1S/C18H27N3O2.HI/c1-11-5-6-14(23-11)12(2)20-17(19-3)21-15-13-7-10-22-16(13)18(15)8-4-9-18;/h5-6,12-13,15-16H,4,7-10H2,1-3H3,(H2,19,20,21);1H. The molecule has 1 spiro atoms. The van der Waals surface area contributed by atoms with Gasteiger partial charge in [0.2, 0.25) is 0 Å². The van der Waals surface area contributed by atoms with Crippen molar-refractivity contribution in [2.45, 2.75) is 57.7 Å². The van der Waals surface area contributed by atoms with Crippen LogP contribution in [0.3, 0.4) is 0 Å². The quantitative estimate of drug-likeness (QED) is 0.426. The molecule has 0 bridgehead atoms. The van der Waals surface area contributed by atoms with E-state index in [0.29, 0.717) is 23.5 Å². The van der Waals surface area contributed by atoms with E-state index >= 15 is 0 Å². The number of ether oxygens (including phenoxy) is 1. The van der Waals surface area contributed by atoms with Gasteiger partial charge in [0.05, 0.1) is 12.1 Å². The van der Waals surface area contributed by atoms with Crippen molar-refractivity contribution in [3.05, 3.63) is 23.7 Å². The summed E-state index contributed by atoms with van der Waals surface area (Å²) in [6.07, 6.45) is 5.57. The minimum Gasteiger partial charge on any atom is -0.464 e. The Labute approximate surface area is 161 Å². The van der Waals surface area contributed by atoms with E-state index in [1.165, 1.54) is 25.7 Å². The van der Waals surface area contributed by atoms with Gasteiger partial charge in [0.25, 0.3) is 0 Å². The SMILES string of the molecule is CN=C(NC(C)c1ccc(C)o1)NC1C2CCOC2C12CCC2.I. The van der Waals surface area contributed by atoms with E-state index < -0.39 is 0 Å². The number of guanidine groups is 1. The van der Waals surface area contributed by atoms with Gasteiger partial charge in [-0.25, -0.2) is 0 Å². The highest BCUT2D eigenvalue weighted by molar-refractivity contribution is 14.0. The lowest BCUT2D eigenvalue weighted by atomic mass is 9.46. The van der Waals surface area contributed by atoms with Crippen LogP contribution in [0.2, 0.25) is 0 Å². The minimum atomic E-state index is 0. The van der Waals surface area contributed by atoms with Crippen molar-refractivity contribution in [1.82, 2.24) is 10.6 Å². The Kier molecular flexibility index (Phi) is 5.16. The first-order valence-electron chi connectivity index (χ1n) is 8.82. The molecule has 4 unspecified atom stereocenters. The van der Waals surface area contributed by atoms with Gasteiger partial charge in [0.15, 0.2) is 5.96 Å². The molecule has 1 saturated heterocycles. The Morgan fingerprint density at radius 2 is 2.17 bits per heavy atom. The number of rotatable bonds is 3. The lowest BCUT2D eigenvalue weighted by molar-refractivity contribution is -0.171. The van der Waals surface area contributed by atoms with Crippen LogP contribution in [-0.4, -0.2) is 31.8 Å². The summed E-state index contributed by atoms with van der Waals surface area (Å²) in [4.78, 5) is 4.43. The van der Waals surface area contributed by atoms with Gasteiger partial charge < -0.3 is 19.8 Å². The summed E-state index contributed by atoms with van der Waals surface area (Å²) in [5, 5.41) is 7.16. The summed E-state index contributed by atoms with van der Waals surface area (Å²) in [6, 6.07) is 4.63. The number of hydrogen-bond acceptors (Lipinski definition) is 3. The second-order valence-electron chi connectivity index (χ2n) is 7.34. The predicted molar refractivity (Wildman–Crippen MR) is 105 cm³/mol. The van der Waals surface area contributed by atoms with E-state index in [2.05, 4.69) is 22.5 Å². The van der Waals surface area contributed by atoms with Crippen molar-refractivity contribution in [3.63, 3.8) is 0 Å². The van der Waals surface area contributed by atoms with Gasteiger partial charge in [-0.1, -0.05) is 6.42 Å². The molecule has 5 nitrogen and oxygen atoms in total. The molecule has 0 amide bonds. The third-order valence-electron chi connectivity index (χ3n) is 6.09. The fourth-order valence-electron chi connectivity index (χ4n) is 4.74. The lowest BCUT2D eigenvalue weighted by Crippen LogP contribution is -2.72. The first kappa shape index (κ1) is 18.0. The zero-order valence-electron chi connectivity index (χ0n) is 14.7. The lowest BCUT2D eigenvalue weighted by Gasteiger charge is -2.63. The monoisotopic (exact) mass is 445 g/mol. The molecule has 4 atom stereocenters. The number of furan rings is 1. The zero-order chi connectivity index (χ0) is 16.0. The Balaban J connectivity index is 0.00000169. The maximum absolute atomic E-state index is 5.99. The van der Waals surface area contributed by atoms with Crippen molar-refractivity contribution in [2.24, 2.45) is 16.3 Å². The summed E-state index contributed by atoms with van der Waals surface area (Å²) in [5.41, 5.74) is 0.364. The highest BCUT2D eigenvalue weighted by Crippen LogP contribution is 2.62. The molecule has 0 radical (unpaired) electrons. The van der Waals surface area contributed by atoms with Crippen LogP contribution in [0.15, 0.2) is 21.5 Å². The highest BCUT2D eigenvalue weighted by atomic mass is 127. The Bertz CT molecular complexity index is 611. The van der Waals surface area contributed by atoms with Crippen molar-refractivity contribution in [3.8, 4) is 0 Å². The van der Waals surface area contributed by atoms with E-state index in [9.17, 15) is 0 Å². The first-order valence-corrected chi connectivity index (χ1v) is 8.82. The molecule has 24 heavy (non-hydrogen) atoms. The molecule has 2 aliphatic carbocycles. The molecule has 2 saturated carbocycles. The number of nitrogens with zero attached hydrogens (tertiary/aromatic N) is 1. The number of aryl methyl sites for hydroxylation is 1. The number of nitrogens with one attached hydrogen (secondary N) is 2. The van der Waals surface area contributed by atoms with Crippen LogP contribution in [-0.2, 0) is 4.74 Å². The normalized spacial score (nSPS) is 31.5. The molecule has 1 aliphatic heterocycles. The van der Waals surface area contributed by atoms with E-state index in [4.69, 9.17) is 9.15 Å². The molecule has 1 aromatic heterocycles. The molecule has 1 aromatic rings. The number of hydrogen-bond donors (Lipinski definition) is 2. The van der Waals surface area contributed by atoms with Gasteiger partial charge in [-0.15, -0.1) is 24.0 Å². The van der Waals surface area contributed by atoms with Gasteiger partial charge in [-0.2, -0.15) is 0 Å². The van der Waals surface area contributed by atoms with Crippen LogP contribution < -0.4 is 10.6 Å². The topological polar surface area (TPSA) is 58.8 Å². The zero-order valence-corrected chi connectivity index (χ0v) is 17.0. The van der Waals surface area contributed by atoms with Crippen LogP contribution in [0.1, 0.15) is 50.2 Å². The van der Waals surface area contributed by atoms with Gasteiger partial charge in [0.1, 0.15) is 11.5 Å². The smallest absolute Gasteiger partial charge is 0.191 e. The van der Waals surface area contributed by atoms with Gasteiger partial charge in [-0.3, -0.25) is 4.99 Å². The van der Waals surface area contributed by atoms with Gasteiger partial charge in [0, 0.05) is 31.0 Å². The third kappa shape index (κ3) is 2.75. The summed E-state index contributed by atoms with van der Waals surface area (Å²) in [7, 11) is 1.84. The van der Waals surface area contributed by atoms with E-state index in [0.717, 1.165) is 24.1 Å². The summed E-state index contributed by atoms with van der Waals surface area (Å²) in [5.74, 6) is 3.40. The van der Waals surface area contributed by atoms with Crippen molar-refractivity contribution in [2.75, 3.05) is 13.7 Å². The van der Waals surface area contributed by atoms with E-state index in [1.807, 2.05) is 26.1 Å². The van der Waals surface area contributed by atoms with Crippen LogP contribution >= 0.6 is 24.0 Å². The summed E-state index contributed by atoms with van der Waals surface area (Å²) >= 11 is 0. The predicted octanol–water partition coefficient (Wildman–Crippen LogP) is 3.39. The first-order chi connectivity index (χ1) is 11.1. The molecule has 4 rings (SSSR count). The highest BCUT2D eigenvalue weighted by Gasteiger charge is 2.66. The molecule has 3 fully saturated rings. The van der Waals surface area contributed by atoms with Crippen molar-refractivity contribution < 1.29 is 9.15 Å². The average Bonchev–Trinajstić information content (AvgIpc) is 3.09. The van der Waals surface area contributed by atoms with Crippen LogP contribution in [0.25, 0.3) is 0 Å². The number of fused-ring (bicyclic) bond motifs is 2. The summed E-state index contributed by atoms with van der Waals surface area (Å²) < 4.78 is 11.7. The average molecular weight is 445 g/mol.